The van der Waals surface area contributed by atoms with E-state index in [2.05, 4.69) is 69.9 Å². The highest BCUT2D eigenvalue weighted by molar-refractivity contribution is 7.81. The van der Waals surface area contributed by atoms with Crippen LogP contribution in [0.2, 0.25) is 0 Å². The Morgan fingerprint density at radius 3 is 2.34 bits per heavy atom. The molecule has 0 saturated heterocycles. The first-order valence-electron chi connectivity index (χ1n) is 17.5. The summed E-state index contributed by atoms with van der Waals surface area (Å²) in [6, 6.07) is 5.33. The molecule has 2 aromatic rings. The number of rotatable bonds is 21. The molecule has 0 spiro atoms. The van der Waals surface area contributed by atoms with Gasteiger partial charge in [-0.2, -0.15) is 12.6 Å². The summed E-state index contributed by atoms with van der Waals surface area (Å²) in [5.74, 6) is 0.956. The average Bonchev–Trinajstić information content (AvgIpc) is 3.46. The number of anilines is 3. The lowest BCUT2D eigenvalue weighted by atomic mass is 9.95. The van der Waals surface area contributed by atoms with Crippen LogP contribution in [0.4, 0.5) is 17.2 Å². The lowest BCUT2D eigenvalue weighted by Crippen LogP contribution is -2.42. The van der Waals surface area contributed by atoms with Gasteiger partial charge in [0.05, 0.1) is 11.4 Å². The van der Waals surface area contributed by atoms with Crippen LogP contribution in [0.5, 0.6) is 0 Å². The number of ether oxygens (including phenoxy) is 1. The molecule has 0 fully saturated rings. The fraction of sp³-hybridized carbons (Fsp3) is 0.667. The maximum Gasteiger partial charge on any atom is 0.303 e. The van der Waals surface area contributed by atoms with Crippen molar-refractivity contribution in [3.05, 3.63) is 34.2 Å². The number of aromatic nitrogens is 1. The van der Waals surface area contributed by atoms with Gasteiger partial charge in [0.2, 0.25) is 11.8 Å². The highest BCUT2D eigenvalue weighted by Gasteiger charge is 2.31. The van der Waals surface area contributed by atoms with Gasteiger partial charge in [-0.1, -0.05) is 67.9 Å². The van der Waals surface area contributed by atoms with Crippen LogP contribution in [0.3, 0.4) is 0 Å². The van der Waals surface area contributed by atoms with Crippen molar-refractivity contribution >= 4 is 67.5 Å². The fourth-order valence-electron chi connectivity index (χ4n) is 5.68. The van der Waals surface area contributed by atoms with Gasteiger partial charge in [-0.25, -0.2) is 4.98 Å². The van der Waals surface area contributed by atoms with Crippen LogP contribution in [0, 0.1) is 17.8 Å². The van der Waals surface area contributed by atoms with Crippen LogP contribution in [0.25, 0.3) is 0 Å². The fourth-order valence-corrected chi connectivity index (χ4v) is 7.01. The number of thiazole rings is 1. The molecule has 0 aliphatic heterocycles. The molecular formula is C36H60N5O6PS2. The van der Waals surface area contributed by atoms with Crippen molar-refractivity contribution in [2.75, 3.05) is 22.8 Å². The zero-order valence-corrected chi connectivity index (χ0v) is 34.1. The van der Waals surface area contributed by atoms with E-state index in [1.807, 2.05) is 38.4 Å². The van der Waals surface area contributed by atoms with Crippen LogP contribution < -0.4 is 15.7 Å². The summed E-state index contributed by atoms with van der Waals surface area (Å²) in [6.07, 6.45) is 3.52. The van der Waals surface area contributed by atoms with Crippen LogP contribution in [-0.2, 0) is 25.5 Å². The van der Waals surface area contributed by atoms with Crippen molar-refractivity contribution in [2.45, 2.75) is 130 Å². The Morgan fingerprint density at radius 1 is 1.10 bits per heavy atom. The summed E-state index contributed by atoms with van der Waals surface area (Å²) >= 11 is 5.93. The van der Waals surface area contributed by atoms with E-state index < -0.39 is 20.6 Å². The second-order valence-electron chi connectivity index (χ2n) is 14.8. The number of carbonyl (C=O) groups is 3. The van der Waals surface area contributed by atoms with Gasteiger partial charge in [-0.05, 0) is 54.7 Å². The number of hydrogen-bond donors (Lipinski definition) is 6. The van der Waals surface area contributed by atoms with Crippen LogP contribution in [-0.4, -0.2) is 61.3 Å². The quantitative estimate of drug-likeness (QED) is 0.0421. The van der Waals surface area contributed by atoms with E-state index in [1.54, 1.807) is 11.0 Å². The number of benzene rings is 1. The molecule has 1 aromatic carbocycles. The summed E-state index contributed by atoms with van der Waals surface area (Å²) in [4.78, 5) is 64.1. The topological polar surface area (TPSA) is 153 Å². The molecule has 0 aliphatic rings. The van der Waals surface area contributed by atoms with E-state index in [0.29, 0.717) is 59.7 Å². The minimum absolute atomic E-state index is 0.0232. The molecule has 5 N–H and O–H groups in total. The zero-order chi connectivity index (χ0) is 37.8. The van der Waals surface area contributed by atoms with Crippen molar-refractivity contribution in [3.63, 3.8) is 0 Å². The van der Waals surface area contributed by atoms with Gasteiger partial charge in [0.25, 0.3) is 8.53 Å². The summed E-state index contributed by atoms with van der Waals surface area (Å²) in [5, 5.41) is 11.7. The Balaban J connectivity index is 2.31. The molecule has 14 heteroatoms. The second-order valence-corrected chi connectivity index (χ2v) is 17.7. The molecule has 0 aliphatic carbocycles. The first-order valence-corrected chi connectivity index (χ1v) is 20.1. The van der Waals surface area contributed by atoms with E-state index in [1.165, 1.54) is 18.3 Å². The molecule has 1 aromatic heterocycles. The number of nitrogens with zero attached hydrogens (tertiary/aromatic N) is 2. The molecule has 0 bridgehead atoms. The second kappa shape index (κ2) is 20.6. The van der Waals surface area contributed by atoms with Gasteiger partial charge in [0.1, 0.15) is 10.8 Å². The Labute approximate surface area is 310 Å². The standard InChI is InChI=1S/C36H60N5O6PS2/c1-11-24(6)17-34(44)41(10)30(23(4)5)20-31(47-25(7)42)35-39-32(21-50-35)37-27(16-22(2)3)18-26-12-13-28(40-48(45)46)29(19-26)38-33(43)14-15-36(8,9)49/h12-13,19,21-24,27,30-31,37,40,45-46,49H,11,14-18,20H2,1-10H3,(H,38,43)/t24-,27+,30?,31+/m0/s1. The van der Waals surface area contributed by atoms with Gasteiger partial charge < -0.3 is 35.1 Å². The van der Waals surface area contributed by atoms with Gasteiger partial charge in [0, 0.05) is 55.4 Å². The maximum absolute atomic E-state index is 13.1. The Kier molecular flexibility index (Phi) is 18.0. The van der Waals surface area contributed by atoms with Crippen molar-refractivity contribution in [1.82, 2.24) is 9.88 Å². The van der Waals surface area contributed by atoms with Crippen LogP contribution in [0.1, 0.15) is 118 Å². The van der Waals surface area contributed by atoms with E-state index in [-0.39, 0.29) is 41.0 Å². The third kappa shape index (κ3) is 15.8. The summed E-state index contributed by atoms with van der Waals surface area (Å²) < 4.78 is 5.51. The molecule has 0 radical (unpaired) electrons. The van der Waals surface area contributed by atoms with Crippen LogP contribution in [0.15, 0.2) is 23.6 Å². The minimum atomic E-state index is -2.43. The van der Waals surface area contributed by atoms with E-state index in [9.17, 15) is 24.2 Å². The normalized spacial score (nSPS) is 14.3. The largest absolute Gasteiger partial charge is 0.455 e. The third-order valence-electron chi connectivity index (χ3n) is 8.57. The smallest absolute Gasteiger partial charge is 0.303 e. The van der Waals surface area contributed by atoms with E-state index in [4.69, 9.17) is 9.72 Å². The number of amides is 2. The Morgan fingerprint density at radius 2 is 1.78 bits per heavy atom. The van der Waals surface area contributed by atoms with Crippen molar-refractivity contribution in [2.24, 2.45) is 17.8 Å². The predicted octanol–water partition coefficient (Wildman–Crippen LogP) is 8.18. The highest BCUT2D eigenvalue weighted by Crippen LogP contribution is 2.35. The van der Waals surface area contributed by atoms with Gasteiger partial charge in [-0.3, -0.25) is 14.4 Å². The molecule has 50 heavy (non-hydrogen) atoms. The number of hydrogen-bond acceptors (Lipinski definition) is 11. The number of nitrogens with one attached hydrogen (secondary N) is 3. The van der Waals surface area contributed by atoms with Gasteiger partial charge in [-0.15, -0.1) is 11.3 Å². The van der Waals surface area contributed by atoms with E-state index >= 15 is 0 Å². The maximum atomic E-state index is 13.1. The first-order chi connectivity index (χ1) is 23.3. The molecular weight excluding hydrogens is 694 g/mol. The first kappa shape index (κ1) is 43.7. The predicted molar refractivity (Wildman–Crippen MR) is 210 cm³/mol. The SMILES string of the molecule is CC[C@H](C)CC(=O)N(C)C(C[C@@H](OC(C)=O)c1nc(N[C@@H](Cc2ccc(NP(O)O)c(NC(=O)CCC(C)(C)S)c2)CC(C)C)cs1)C(C)C. The van der Waals surface area contributed by atoms with Crippen molar-refractivity contribution in [3.8, 4) is 0 Å². The minimum Gasteiger partial charge on any atom is -0.455 e. The molecule has 0 saturated carbocycles. The van der Waals surface area contributed by atoms with Gasteiger partial charge >= 0.3 is 5.97 Å². The number of esters is 1. The van der Waals surface area contributed by atoms with Crippen LogP contribution >= 0.6 is 32.5 Å². The Hall–Kier alpha value is -2.44. The molecule has 1 unspecified atom stereocenters. The molecule has 1 heterocycles. The molecule has 4 atom stereocenters. The molecule has 11 nitrogen and oxygen atoms in total. The monoisotopic (exact) mass is 753 g/mol. The summed E-state index contributed by atoms with van der Waals surface area (Å²) in [7, 11) is -0.596. The number of thiol groups is 1. The molecule has 2 rings (SSSR count). The average molecular weight is 754 g/mol. The van der Waals surface area contributed by atoms with Crippen molar-refractivity contribution in [1.29, 1.82) is 0 Å². The Bertz CT molecular complexity index is 1380. The molecule has 282 valence electrons. The summed E-state index contributed by atoms with van der Waals surface area (Å²) in [5.41, 5.74) is 1.83. The van der Waals surface area contributed by atoms with E-state index in [0.717, 1.165) is 18.4 Å². The molecule has 2 amide bonds. The lowest BCUT2D eigenvalue weighted by Gasteiger charge is -2.34. The summed E-state index contributed by atoms with van der Waals surface area (Å²) in [6.45, 7) is 17.9. The lowest BCUT2D eigenvalue weighted by molar-refractivity contribution is -0.148. The third-order valence-corrected chi connectivity index (χ3v) is 10.2. The zero-order valence-electron chi connectivity index (χ0n) is 31.4. The highest BCUT2D eigenvalue weighted by atomic mass is 32.1. The van der Waals surface area contributed by atoms with Crippen molar-refractivity contribution < 1.29 is 28.9 Å². The van der Waals surface area contributed by atoms with Gasteiger partial charge in [0.15, 0.2) is 6.10 Å². The number of carbonyl (C=O) groups excluding carboxylic acids is 3.